The first-order chi connectivity index (χ1) is 15.2. The summed E-state index contributed by atoms with van der Waals surface area (Å²) in [6.45, 7) is 6.29. The lowest BCUT2D eigenvalue weighted by molar-refractivity contribution is -0.0472. The highest BCUT2D eigenvalue weighted by Crippen LogP contribution is 2.32. The normalized spacial score (nSPS) is 12.8. The molecule has 0 spiro atoms. The Bertz CT molecular complexity index is 1320. The molecule has 0 aliphatic carbocycles. The van der Waals surface area contributed by atoms with Crippen LogP contribution in [-0.4, -0.2) is 27.2 Å². The number of carboxylic acid groups (broad SMARTS) is 1. The van der Waals surface area contributed by atoms with Crippen LogP contribution in [0.4, 0.5) is 5.69 Å². The van der Waals surface area contributed by atoms with Crippen molar-refractivity contribution in [1.82, 2.24) is 10.0 Å². The molecular weight excluding hydrogens is 408 g/mol. The van der Waals surface area contributed by atoms with Gasteiger partial charge >= 0.3 is 5.97 Å². The third-order valence-electron chi connectivity index (χ3n) is 5.02. The van der Waals surface area contributed by atoms with Gasteiger partial charge < -0.3 is 15.0 Å². The lowest BCUT2D eigenvalue weighted by atomic mass is 10.1. The van der Waals surface area contributed by atoms with E-state index in [4.69, 9.17) is 10.1 Å². The second-order valence-corrected chi connectivity index (χ2v) is 8.45. The lowest BCUT2D eigenvalue weighted by Crippen LogP contribution is -2.29. The Kier molecular flexibility index (Phi) is 5.20. The molecule has 0 bridgehead atoms. The van der Waals surface area contributed by atoms with Crippen molar-refractivity contribution in [2.75, 3.05) is 5.32 Å². The maximum Gasteiger partial charge on any atom is 0.337 e. The van der Waals surface area contributed by atoms with Crippen LogP contribution in [-0.2, 0) is 11.4 Å². The fourth-order valence-electron chi connectivity index (χ4n) is 3.60. The summed E-state index contributed by atoms with van der Waals surface area (Å²) in [6, 6.07) is 13.6. The van der Waals surface area contributed by atoms with E-state index in [1.165, 1.54) is 18.2 Å². The van der Waals surface area contributed by atoms with Gasteiger partial charge in [0.15, 0.2) is 0 Å². The van der Waals surface area contributed by atoms with Gasteiger partial charge in [-0.05, 0) is 51.1 Å². The number of nitrogens with one attached hydrogen (secondary N) is 2. The highest BCUT2D eigenvalue weighted by atomic mass is 16.7. The minimum atomic E-state index is -1.22. The van der Waals surface area contributed by atoms with E-state index in [2.05, 4.69) is 10.8 Å². The van der Waals surface area contributed by atoms with Crippen LogP contribution in [0.1, 0.15) is 52.7 Å². The number of rotatable bonds is 5. The number of hydrogen-bond donors (Lipinski definition) is 3. The summed E-state index contributed by atoms with van der Waals surface area (Å²) < 4.78 is 1.88. The molecule has 4 rings (SSSR count). The Morgan fingerprint density at radius 2 is 1.97 bits per heavy atom. The summed E-state index contributed by atoms with van der Waals surface area (Å²) in [5, 5.41) is 22.1. The van der Waals surface area contributed by atoms with Gasteiger partial charge in [0.1, 0.15) is 5.69 Å². The smallest absolute Gasteiger partial charge is 0.337 e. The monoisotopic (exact) mass is 430 g/mol. The molecule has 1 amide bonds. The van der Waals surface area contributed by atoms with Crippen LogP contribution in [0.2, 0.25) is 0 Å². The fraction of sp³-hybridized carbons (Fsp3) is 0.208. The number of anilines is 1. The minimum absolute atomic E-state index is 0.132. The molecule has 1 aliphatic heterocycles. The summed E-state index contributed by atoms with van der Waals surface area (Å²) in [6.07, 6.45) is 1.94. The number of para-hydroxylation sites is 1. The number of hydrogen-bond acceptors (Lipinski definition) is 5. The molecule has 2 aromatic carbocycles. The first-order valence-electron chi connectivity index (χ1n) is 10.0. The zero-order valence-electron chi connectivity index (χ0n) is 17.9. The number of aromatic nitrogens is 1. The molecular formula is C24H22N4O4. The molecule has 162 valence electrons. The topological polar surface area (TPSA) is 116 Å². The quantitative estimate of drug-likeness (QED) is 0.524. The van der Waals surface area contributed by atoms with Gasteiger partial charge in [-0.2, -0.15) is 5.26 Å². The van der Waals surface area contributed by atoms with E-state index < -0.39 is 11.9 Å². The number of carbonyl (C=O) groups is 2. The Labute approximate surface area is 184 Å². The molecule has 0 fully saturated rings. The van der Waals surface area contributed by atoms with Crippen LogP contribution in [0.3, 0.4) is 0 Å². The highest BCUT2D eigenvalue weighted by molar-refractivity contribution is 6.10. The number of allylic oxidation sites excluding steroid dienone is 1. The van der Waals surface area contributed by atoms with E-state index >= 15 is 0 Å². The average Bonchev–Trinajstić information content (AvgIpc) is 3.13. The van der Waals surface area contributed by atoms with Crippen molar-refractivity contribution in [1.29, 1.82) is 5.26 Å². The molecule has 0 unspecified atom stereocenters. The highest BCUT2D eigenvalue weighted by Gasteiger charge is 2.24. The molecule has 1 aliphatic rings. The zero-order chi connectivity index (χ0) is 23.0. The molecule has 8 heteroatoms. The second kappa shape index (κ2) is 7.87. The number of nitriles is 1. The van der Waals surface area contributed by atoms with Crippen molar-refractivity contribution in [3.05, 3.63) is 70.9 Å². The van der Waals surface area contributed by atoms with Crippen LogP contribution >= 0.6 is 0 Å². The Hall–Kier alpha value is -4.09. The minimum Gasteiger partial charge on any atom is -0.478 e. The maximum absolute atomic E-state index is 13.1. The summed E-state index contributed by atoms with van der Waals surface area (Å²) in [4.78, 5) is 30.4. The molecule has 3 N–H and O–H groups in total. The Balaban J connectivity index is 1.68. The molecule has 8 nitrogen and oxygen atoms in total. The van der Waals surface area contributed by atoms with E-state index in [0.29, 0.717) is 12.2 Å². The molecule has 0 saturated carbocycles. The van der Waals surface area contributed by atoms with E-state index in [0.717, 1.165) is 22.2 Å². The number of benzene rings is 2. The molecule has 0 atom stereocenters. The van der Waals surface area contributed by atoms with Crippen LogP contribution in [0.25, 0.3) is 16.6 Å². The maximum atomic E-state index is 13.1. The Morgan fingerprint density at radius 3 is 2.66 bits per heavy atom. The van der Waals surface area contributed by atoms with Crippen molar-refractivity contribution in [3.8, 4) is 6.07 Å². The van der Waals surface area contributed by atoms with E-state index in [1.807, 2.05) is 55.7 Å². The van der Waals surface area contributed by atoms with Crippen molar-refractivity contribution in [3.63, 3.8) is 0 Å². The van der Waals surface area contributed by atoms with Crippen LogP contribution in [0.15, 0.2) is 48.5 Å². The van der Waals surface area contributed by atoms with Gasteiger partial charge in [-0.3, -0.25) is 15.1 Å². The Morgan fingerprint density at radius 1 is 1.19 bits per heavy atom. The molecule has 2 heterocycles. The van der Waals surface area contributed by atoms with Gasteiger partial charge in [0, 0.05) is 17.5 Å². The molecule has 0 saturated heterocycles. The molecule has 0 radical (unpaired) electrons. The number of nitrogens with zero attached hydrogens (tertiary/aromatic N) is 2. The van der Waals surface area contributed by atoms with Gasteiger partial charge in [-0.25, -0.2) is 4.79 Å². The van der Waals surface area contributed by atoms with Crippen LogP contribution in [0, 0.1) is 11.3 Å². The van der Waals surface area contributed by atoms with Crippen molar-refractivity contribution in [2.24, 2.45) is 0 Å². The average molecular weight is 430 g/mol. The standard InChI is InChI=1S/C24H22N4O4/c1-24(2,3)32-27-19-9-10-28-20(12-15-5-4-6-16(19)21(15)28)22(29)26-18-8-7-14(13-25)11-17(18)23(30)31/h4-9,11-12,27H,10H2,1-3H3,(H,26,29)(H,30,31). The van der Waals surface area contributed by atoms with Crippen molar-refractivity contribution in [2.45, 2.75) is 32.9 Å². The molecule has 3 aromatic rings. The predicted molar refractivity (Wildman–Crippen MR) is 120 cm³/mol. The third-order valence-corrected chi connectivity index (χ3v) is 5.02. The van der Waals surface area contributed by atoms with Crippen LogP contribution in [0.5, 0.6) is 0 Å². The molecule has 1 aromatic heterocycles. The zero-order valence-corrected chi connectivity index (χ0v) is 17.9. The van der Waals surface area contributed by atoms with Gasteiger partial charge in [0.25, 0.3) is 5.91 Å². The first kappa shape index (κ1) is 21.2. The predicted octanol–water partition coefficient (Wildman–Crippen LogP) is 4.14. The van der Waals surface area contributed by atoms with E-state index in [1.54, 1.807) is 6.07 Å². The number of aromatic carboxylic acids is 1. The third kappa shape index (κ3) is 3.94. The second-order valence-electron chi connectivity index (χ2n) is 8.45. The first-order valence-corrected chi connectivity index (χ1v) is 10.0. The summed E-state index contributed by atoms with van der Waals surface area (Å²) in [5.41, 5.74) is 5.87. The van der Waals surface area contributed by atoms with Gasteiger partial charge in [-0.15, -0.1) is 0 Å². The van der Waals surface area contributed by atoms with E-state index in [9.17, 15) is 14.7 Å². The van der Waals surface area contributed by atoms with Crippen LogP contribution < -0.4 is 10.8 Å². The van der Waals surface area contributed by atoms with Gasteiger partial charge in [-0.1, -0.05) is 18.2 Å². The largest absolute Gasteiger partial charge is 0.478 e. The number of amides is 1. The number of carboxylic acids is 1. The van der Waals surface area contributed by atoms with E-state index in [-0.39, 0.29) is 22.4 Å². The lowest BCUT2D eigenvalue weighted by Gasteiger charge is -2.24. The molecule has 32 heavy (non-hydrogen) atoms. The number of hydroxylamine groups is 1. The van der Waals surface area contributed by atoms with Crippen molar-refractivity contribution < 1.29 is 19.5 Å². The summed E-state index contributed by atoms with van der Waals surface area (Å²) in [5.74, 6) is -1.66. The van der Waals surface area contributed by atoms with Gasteiger partial charge in [0.05, 0.1) is 39.7 Å². The number of carbonyl (C=O) groups excluding carboxylic acids is 1. The van der Waals surface area contributed by atoms with Crippen molar-refractivity contribution >= 4 is 34.2 Å². The SMILES string of the molecule is CC(C)(C)ONC1=CCn2c(C(=O)Nc3ccc(C#N)cc3C(=O)O)cc3cccc1c32. The van der Waals surface area contributed by atoms with Gasteiger partial charge in [0.2, 0.25) is 0 Å². The summed E-state index contributed by atoms with van der Waals surface area (Å²) >= 11 is 0. The fourth-order valence-corrected chi connectivity index (χ4v) is 3.60. The summed E-state index contributed by atoms with van der Waals surface area (Å²) in [7, 11) is 0.